The summed E-state index contributed by atoms with van der Waals surface area (Å²) in [4.78, 5) is 40.0. The van der Waals surface area contributed by atoms with Crippen molar-refractivity contribution in [3.8, 4) is 11.5 Å². The topological polar surface area (TPSA) is 136 Å². The largest absolute Gasteiger partial charge is 0.872 e. The van der Waals surface area contributed by atoms with Crippen LogP contribution in [0.15, 0.2) is 48.0 Å². The monoisotopic (exact) mass is 511 g/mol. The van der Waals surface area contributed by atoms with E-state index < -0.39 is 28.4 Å². The summed E-state index contributed by atoms with van der Waals surface area (Å²) < 4.78 is 15.9. The SMILES string of the molecule is COc1ccc(/C([O-])=C2\C(=O)C(=O)N(CCC[NH+]3CCOCC3)C2c2cccc([N+](=O)[O-])c2)cc1OC. The van der Waals surface area contributed by atoms with Crippen LogP contribution in [0.25, 0.3) is 5.76 Å². The molecule has 2 aromatic rings. The predicted molar refractivity (Wildman–Crippen MR) is 130 cm³/mol. The molecule has 2 aromatic carbocycles. The third kappa shape index (κ3) is 5.42. The fourth-order valence-electron chi connectivity index (χ4n) is 4.80. The van der Waals surface area contributed by atoms with Crippen molar-refractivity contribution in [3.05, 3.63) is 69.3 Å². The minimum atomic E-state index is -1.04. The molecule has 0 aliphatic carbocycles. The zero-order valence-corrected chi connectivity index (χ0v) is 20.7. The van der Waals surface area contributed by atoms with Gasteiger partial charge in [0, 0.05) is 30.7 Å². The van der Waals surface area contributed by atoms with E-state index in [0.29, 0.717) is 36.7 Å². The number of benzene rings is 2. The molecule has 1 atom stereocenters. The smallest absolute Gasteiger partial charge is 0.295 e. The molecule has 0 radical (unpaired) electrons. The lowest BCUT2D eigenvalue weighted by molar-refractivity contribution is -0.908. The minimum Gasteiger partial charge on any atom is -0.872 e. The highest BCUT2D eigenvalue weighted by Gasteiger charge is 2.44. The second kappa shape index (κ2) is 11.4. The van der Waals surface area contributed by atoms with E-state index in [0.717, 1.165) is 19.6 Å². The quantitative estimate of drug-likeness (QED) is 0.165. The Bertz CT molecular complexity index is 1220. The Kier molecular flexibility index (Phi) is 8.04. The van der Waals surface area contributed by atoms with Crippen molar-refractivity contribution in [2.75, 3.05) is 53.6 Å². The number of non-ortho nitro benzene ring substituents is 1. The zero-order chi connectivity index (χ0) is 26.5. The molecular weight excluding hydrogens is 482 g/mol. The van der Waals surface area contributed by atoms with Crippen LogP contribution in [-0.4, -0.2) is 75.1 Å². The van der Waals surface area contributed by atoms with E-state index >= 15 is 0 Å². The fourth-order valence-corrected chi connectivity index (χ4v) is 4.80. The van der Waals surface area contributed by atoms with Crippen LogP contribution in [0.4, 0.5) is 5.69 Å². The molecule has 2 heterocycles. The van der Waals surface area contributed by atoms with Crippen molar-refractivity contribution in [1.82, 2.24) is 4.90 Å². The van der Waals surface area contributed by atoms with Gasteiger partial charge in [0.15, 0.2) is 11.5 Å². The van der Waals surface area contributed by atoms with Gasteiger partial charge < -0.3 is 29.1 Å². The number of nitro benzene ring substituents is 1. The predicted octanol–water partition coefficient (Wildman–Crippen LogP) is 0.141. The molecule has 1 amide bonds. The van der Waals surface area contributed by atoms with Crippen LogP contribution in [-0.2, 0) is 14.3 Å². The van der Waals surface area contributed by atoms with E-state index in [1.165, 1.54) is 54.4 Å². The summed E-state index contributed by atoms with van der Waals surface area (Å²) in [5.74, 6) is -1.65. The fraction of sp³-hybridized carbons (Fsp3) is 0.385. The Hall–Kier alpha value is -3.96. The zero-order valence-electron chi connectivity index (χ0n) is 20.7. The Morgan fingerprint density at radius 1 is 1.11 bits per heavy atom. The van der Waals surface area contributed by atoms with Gasteiger partial charge in [-0.1, -0.05) is 24.0 Å². The first-order valence-electron chi connectivity index (χ1n) is 12.0. The highest BCUT2D eigenvalue weighted by Crippen LogP contribution is 2.40. The maximum Gasteiger partial charge on any atom is 0.295 e. The Labute approximate surface area is 214 Å². The third-order valence-corrected chi connectivity index (χ3v) is 6.70. The first kappa shape index (κ1) is 26.1. The number of nitrogens with one attached hydrogen (secondary N) is 1. The van der Waals surface area contributed by atoms with Gasteiger partial charge in [-0.25, -0.2) is 0 Å². The average molecular weight is 512 g/mol. The molecule has 11 nitrogen and oxygen atoms in total. The van der Waals surface area contributed by atoms with Gasteiger partial charge in [0.2, 0.25) is 5.78 Å². The van der Waals surface area contributed by atoms with Crippen molar-refractivity contribution < 1.29 is 38.7 Å². The van der Waals surface area contributed by atoms with E-state index in [4.69, 9.17) is 14.2 Å². The van der Waals surface area contributed by atoms with Crippen LogP contribution in [0, 0.1) is 10.1 Å². The van der Waals surface area contributed by atoms with Gasteiger partial charge in [0.1, 0.15) is 13.1 Å². The van der Waals surface area contributed by atoms with Gasteiger partial charge in [0.25, 0.3) is 11.6 Å². The van der Waals surface area contributed by atoms with Crippen LogP contribution >= 0.6 is 0 Å². The number of carbonyl (C=O) groups is 2. The molecule has 0 aromatic heterocycles. The Morgan fingerprint density at radius 2 is 1.84 bits per heavy atom. The molecule has 2 saturated heterocycles. The number of carbonyl (C=O) groups excluding carboxylic acids is 2. The molecule has 2 aliphatic heterocycles. The van der Waals surface area contributed by atoms with Gasteiger partial charge >= 0.3 is 0 Å². The number of ether oxygens (including phenoxy) is 3. The highest BCUT2D eigenvalue weighted by atomic mass is 16.6. The van der Waals surface area contributed by atoms with Crippen molar-refractivity contribution in [3.63, 3.8) is 0 Å². The van der Waals surface area contributed by atoms with Crippen LogP contribution < -0.4 is 19.5 Å². The number of ketones is 1. The van der Waals surface area contributed by atoms with E-state index in [-0.39, 0.29) is 23.4 Å². The lowest BCUT2D eigenvalue weighted by Gasteiger charge is -2.29. The maximum atomic E-state index is 13.7. The normalized spacial score (nSPS) is 19.7. The van der Waals surface area contributed by atoms with E-state index in [2.05, 4.69) is 0 Å². The van der Waals surface area contributed by atoms with Crippen molar-refractivity contribution >= 4 is 23.1 Å². The number of likely N-dealkylation sites (tertiary alicyclic amines) is 1. The molecular formula is C26H29N3O8. The van der Waals surface area contributed by atoms with Crippen molar-refractivity contribution in [1.29, 1.82) is 0 Å². The second-order valence-electron chi connectivity index (χ2n) is 8.86. The van der Waals surface area contributed by atoms with Gasteiger partial charge in [-0.15, -0.1) is 0 Å². The van der Waals surface area contributed by atoms with Crippen LogP contribution in [0.2, 0.25) is 0 Å². The van der Waals surface area contributed by atoms with Gasteiger partial charge in [0.05, 0.1) is 44.9 Å². The number of methoxy groups -OCH3 is 2. The molecule has 2 fully saturated rings. The van der Waals surface area contributed by atoms with Gasteiger partial charge in [-0.3, -0.25) is 19.7 Å². The van der Waals surface area contributed by atoms with Crippen LogP contribution in [0.5, 0.6) is 11.5 Å². The summed E-state index contributed by atoms with van der Waals surface area (Å²) in [6, 6.07) is 9.13. The standard InChI is InChI=1S/C26H29N3O8/c1-35-20-8-7-18(16-21(20)36-2)24(30)22-23(17-5-3-6-19(15-17)29(33)34)28(26(32)25(22)31)10-4-9-27-11-13-37-14-12-27/h3,5-8,15-16,23,30H,4,9-14H2,1-2H3/b24-22+. The van der Waals surface area contributed by atoms with E-state index in [1.54, 1.807) is 12.1 Å². The summed E-state index contributed by atoms with van der Waals surface area (Å²) in [6.45, 7) is 4.05. The number of amides is 1. The van der Waals surface area contributed by atoms with Crippen LogP contribution in [0.1, 0.15) is 23.6 Å². The summed E-state index contributed by atoms with van der Waals surface area (Å²) in [7, 11) is 2.88. The molecule has 2 aliphatic rings. The molecule has 0 spiro atoms. The maximum absolute atomic E-state index is 13.7. The third-order valence-electron chi connectivity index (χ3n) is 6.70. The molecule has 1 N–H and O–H groups in total. The van der Waals surface area contributed by atoms with Crippen molar-refractivity contribution in [2.24, 2.45) is 0 Å². The summed E-state index contributed by atoms with van der Waals surface area (Å²) >= 11 is 0. The minimum absolute atomic E-state index is 0.142. The lowest BCUT2D eigenvalue weighted by Crippen LogP contribution is -3.14. The molecule has 196 valence electrons. The number of hydrogen-bond donors (Lipinski definition) is 1. The molecule has 11 heteroatoms. The molecule has 4 rings (SSSR count). The molecule has 0 saturated carbocycles. The Morgan fingerprint density at radius 3 is 2.51 bits per heavy atom. The van der Waals surface area contributed by atoms with Gasteiger partial charge in [-0.05, 0) is 23.3 Å². The first-order chi connectivity index (χ1) is 17.8. The van der Waals surface area contributed by atoms with Crippen molar-refractivity contribution in [2.45, 2.75) is 12.5 Å². The van der Waals surface area contributed by atoms with E-state index in [1.807, 2.05) is 0 Å². The Balaban J connectivity index is 1.74. The molecule has 37 heavy (non-hydrogen) atoms. The number of rotatable bonds is 9. The lowest BCUT2D eigenvalue weighted by atomic mass is 9.94. The van der Waals surface area contributed by atoms with E-state index in [9.17, 15) is 24.8 Å². The van der Waals surface area contributed by atoms with Gasteiger partial charge in [-0.2, -0.15) is 0 Å². The number of quaternary nitrogens is 1. The number of morpholine rings is 1. The number of nitrogens with zero attached hydrogens (tertiary/aromatic N) is 2. The van der Waals surface area contributed by atoms with Crippen LogP contribution in [0.3, 0.4) is 0 Å². The molecule has 0 bridgehead atoms. The molecule has 1 unspecified atom stereocenters. The summed E-state index contributed by atoms with van der Waals surface area (Å²) in [6.07, 6.45) is 0.595. The number of hydrogen-bond acceptors (Lipinski definition) is 8. The second-order valence-corrected chi connectivity index (χ2v) is 8.86. The average Bonchev–Trinajstić information content (AvgIpc) is 3.18. The number of Topliss-reactive ketones (excluding diaryl/α,β-unsaturated/α-hetero) is 1. The summed E-state index contributed by atoms with van der Waals surface area (Å²) in [5.41, 5.74) is 0.0381. The first-order valence-corrected chi connectivity index (χ1v) is 12.0. The number of nitro groups is 1. The highest BCUT2D eigenvalue weighted by molar-refractivity contribution is 6.46. The summed E-state index contributed by atoms with van der Waals surface area (Å²) in [5, 5.41) is 25.1.